The minimum Gasteiger partial charge on any atom is -0.370 e. The summed E-state index contributed by atoms with van der Waals surface area (Å²) in [5.74, 6) is -0.220. The van der Waals surface area contributed by atoms with Crippen LogP contribution >= 0.6 is 0 Å². The fourth-order valence-corrected chi connectivity index (χ4v) is 4.88. The lowest BCUT2D eigenvalue weighted by atomic mass is 9.44. The van der Waals surface area contributed by atoms with Gasteiger partial charge in [0.05, 0.1) is 5.41 Å². The van der Waals surface area contributed by atoms with Crippen LogP contribution in [0.4, 0.5) is 0 Å². The third kappa shape index (κ3) is 1.50. The van der Waals surface area contributed by atoms with Gasteiger partial charge in [0.1, 0.15) is 11.2 Å². The number of carbonyl (C=O) groups is 2. The summed E-state index contributed by atoms with van der Waals surface area (Å²) < 4.78 is 11.4. The van der Waals surface area contributed by atoms with Crippen LogP contribution in [0.15, 0.2) is 23.8 Å². The molecule has 0 radical (unpaired) electrons. The Hall–Kier alpha value is -1.26. The monoisotopic (exact) mass is 304 g/mol. The van der Waals surface area contributed by atoms with Gasteiger partial charge < -0.3 is 9.47 Å². The van der Waals surface area contributed by atoms with Crippen LogP contribution in [-0.4, -0.2) is 37.0 Å². The summed E-state index contributed by atoms with van der Waals surface area (Å²) in [5.41, 5.74) is -1.82. The minimum absolute atomic E-state index is 0.00621. The molecule has 2 bridgehead atoms. The summed E-state index contributed by atoms with van der Waals surface area (Å²) in [4.78, 5) is 25.8. The maximum atomic E-state index is 13.1. The van der Waals surface area contributed by atoms with Crippen molar-refractivity contribution >= 4 is 11.6 Å². The second-order valence-corrected chi connectivity index (χ2v) is 7.35. The highest BCUT2D eigenvalue weighted by Gasteiger charge is 2.69. The number of carbonyl (C=O) groups excluding carboxylic acids is 2. The molecule has 0 spiro atoms. The summed E-state index contributed by atoms with van der Waals surface area (Å²) >= 11 is 0. The van der Waals surface area contributed by atoms with E-state index in [1.807, 2.05) is 45.9 Å². The van der Waals surface area contributed by atoms with Crippen molar-refractivity contribution in [2.45, 2.75) is 38.9 Å². The van der Waals surface area contributed by atoms with Gasteiger partial charge in [-0.25, -0.2) is 0 Å². The first-order valence-corrected chi connectivity index (χ1v) is 7.74. The van der Waals surface area contributed by atoms with Gasteiger partial charge >= 0.3 is 0 Å². The predicted molar refractivity (Wildman–Crippen MR) is 82.3 cm³/mol. The summed E-state index contributed by atoms with van der Waals surface area (Å²) in [6.45, 7) is 7.45. The van der Waals surface area contributed by atoms with Gasteiger partial charge in [0.15, 0.2) is 11.6 Å². The van der Waals surface area contributed by atoms with Gasteiger partial charge in [-0.2, -0.15) is 0 Å². The molecule has 4 aliphatic carbocycles. The average molecular weight is 304 g/mol. The van der Waals surface area contributed by atoms with Crippen molar-refractivity contribution in [3.8, 4) is 0 Å². The first-order chi connectivity index (χ1) is 10.2. The molecule has 0 heterocycles. The number of ether oxygens (including phenoxy) is 2. The van der Waals surface area contributed by atoms with Crippen molar-refractivity contribution < 1.29 is 19.1 Å². The van der Waals surface area contributed by atoms with Crippen LogP contribution in [0.3, 0.4) is 0 Å². The van der Waals surface area contributed by atoms with Crippen molar-refractivity contribution in [1.82, 2.24) is 0 Å². The Labute approximate surface area is 131 Å². The van der Waals surface area contributed by atoms with Crippen molar-refractivity contribution in [1.29, 1.82) is 0 Å². The second kappa shape index (κ2) is 4.39. The predicted octanol–water partition coefficient (Wildman–Crippen LogP) is 2.33. The molecular formula is C18H24O4. The van der Waals surface area contributed by atoms with E-state index in [0.29, 0.717) is 5.57 Å². The van der Waals surface area contributed by atoms with E-state index in [9.17, 15) is 9.59 Å². The van der Waals surface area contributed by atoms with Crippen molar-refractivity contribution in [3.63, 3.8) is 0 Å². The molecule has 0 aromatic heterocycles. The van der Waals surface area contributed by atoms with E-state index in [1.165, 1.54) is 0 Å². The van der Waals surface area contributed by atoms with Crippen LogP contribution in [0.1, 0.15) is 27.7 Å². The molecule has 6 atom stereocenters. The van der Waals surface area contributed by atoms with E-state index in [-0.39, 0.29) is 29.3 Å². The van der Waals surface area contributed by atoms with Gasteiger partial charge in [-0.05, 0) is 33.3 Å². The molecule has 0 aromatic carbocycles. The zero-order chi connectivity index (χ0) is 16.5. The highest BCUT2D eigenvalue weighted by molar-refractivity contribution is 6.05. The fourth-order valence-electron chi connectivity index (χ4n) is 4.88. The molecule has 4 nitrogen and oxygen atoms in total. The number of rotatable bonds is 2. The first-order valence-electron chi connectivity index (χ1n) is 7.74. The number of Topliss-reactive ketones (excluding diaryl/α,β-unsaturated/α-hetero) is 2. The number of allylic oxidation sites excluding steroid dienone is 2. The molecule has 0 unspecified atom stereocenters. The molecule has 22 heavy (non-hydrogen) atoms. The van der Waals surface area contributed by atoms with Crippen molar-refractivity contribution in [2.24, 2.45) is 23.2 Å². The Morgan fingerprint density at radius 3 is 2.14 bits per heavy atom. The van der Waals surface area contributed by atoms with Crippen LogP contribution in [0.2, 0.25) is 0 Å². The van der Waals surface area contributed by atoms with E-state index < -0.39 is 16.6 Å². The minimum atomic E-state index is -0.930. The Morgan fingerprint density at radius 2 is 1.59 bits per heavy atom. The Kier molecular flexibility index (Phi) is 3.12. The third-order valence-corrected chi connectivity index (χ3v) is 6.41. The van der Waals surface area contributed by atoms with Crippen LogP contribution in [0.25, 0.3) is 0 Å². The van der Waals surface area contributed by atoms with Crippen molar-refractivity contribution in [2.75, 3.05) is 14.2 Å². The van der Waals surface area contributed by atoms with Crippen LogP contribution in [-0.2, 0) is 19.1 Å². The standard InChI is InChI=1S/C18H24O4/c1-10-9-12-13(18(4,22-6)14(10)19)11-7-8-16(12,2)15(20)17(11,3)21-5/h7-9,11-13H,1-6H3/t11-,12+,13+,16+,17+,18+/m1/s1. The maximum Gasteiger partial charge on any atom is 0.190 e. The molecule has 4 rings (SSSR count). The van der Waals surface area contributed by atoms with E-state index in [2.05, 4.69) is 0 Å². The van der Waals surface area contributed by atoms with Gasteiger partial charge in [-0.3, -0.25) is 9.59 Å². The number of ketones is 2. The summed E-state index contributed by atoms with van der Waals surface area (Å²) in [7, 11) is 3.15. The van der Waals surface area contributed by atoms with Crippen molar-refractivity contribution in [3.05, 3.63) is 23.8 Å². The van der Waals surface area contributed by atoms with E-state index in [1.54, 1.807) is 14.2 Å². The smallest absolute Gasteiger partial charge is 0.190 e. The van der Waals surface area contributed by atoms with Crippen LogP contribution in [0, 0.1) is 23.2 Å². The third-order valence-electron chi connectivity index (χ3n) is 6.41. The zero-order valence-corrected chi connectivity index (χ0v) is 14.1. The van der Waals surface area contributed by atoms with Gasteiger partial charge in [-0.1, -0.05) is 18.2 Å². The molecule has 4 heteroatoms. The maximum absolute atomic E-state index is 13.1. The molecule has 4 aliphatic rings. The zero-order valence-electron chi connectivity index (χ0n) is 14.1. The molecule has 0 aliphatic heterocycles. The molecule has 0 aromatic rings. The number of hydrogen-bond acceptors (Lipinski definition) is 4. The first kappa shape index (κ1) is 15.6. The number of hydrogen-bond donors (Lipinski definition) is 0. The lowest BCUT2D eigenvalue weighted by Gasteiger charge is -2.61. The average Bonchev–Trinajstić information content (AvgIpc) is 2.51. The molecule has 1 saturated carbocycles. The van der Waals surface area contributed by atoms with Gasteiger partial charge in [0.2, 0.25) is 0 Å². The molecule has 1 fully saturated rings. The lowest BCUT2D eigenvalue weighted by Crippen LogP contribution is -2.70. The summed E-state index contributed by atoms with van der Waals surface area (Å²) in [6.07, 6.45) is 6.01. The largest absolute Gasteiger partial charge is 0.370 e. The number of methoxy groups -OCH3 is 2. The van der Waals surface area contributed by atoms with Gasteiger partial charge in [0, 0.05) is 32.0 Å². The normalized spacial score (nSPS) is 50.1. The van der Waals surface area contributed by atoms with Gasteiger partial charge in [0.25, 0.3) is 0 Å². The quantitative estimate of drug-likeness (QED) is 0.735. The SMILES string of the molecule is CO[C@]1(C)C(=O)C(C)=C[C@H]2[C@@H]1[C@H]1C=C[C@]2(C)C(=O)[C@@]1(C)OC. The summed E-state index contributed by atoms with van der Waals surface area (Å²) in [5, 5.41) is 0. The van der Waals surface area contributed by atoms with E-state index in [4.69, 9.17) is 9.47 Å². The lowest BCUT2D eigenvalue weighted by molar-refractivity contribution is -0.194. The summed E-state index contributed by atoms with van der Waals surface area (Å²) in [6, 6.07) is 0. The van der Waals surface area contributed by atoms with Gasteiger partial charge in [-0.15, -0.1) is 0 Å². The Bertz CT molecular complexity index is 619. The molecular weight excluding hydrogens is 280 g/mol. The molecule has 0 N–H and O–H groups in total. The molecule has 0 saturated heterocycles. The number of fused-ring (bicyclic) bond motifs is 1. The Morgan fingerprint density at radius 1 is 1.00 bits per heavy atom. The topological polar surface area (TPSA) is 52.6 Å². The van der Waals surface area contributed by atoms with E-state index in [0.717, 1.165) is 0 Å². The van der Waals surface area contributed by atoms with Crippen LogP contribution in [0.5, 0.6) is 0 Å². The highest BCUT2D eigenvalue weighted by Crippen LogP contribution is 2.61. The highest BCUT2D eigenvalue weighted by atomic mass is 16.5. The molecule has 120 valence electrons. The fraction of sp³-hybridized carbons (Fsp3) is 0.667. The molecule has 0 amide bonds. The second-order valence-electron chi connectivity index (χ2n) is 7.35. The van der Waals surface area contributed by atoms with Crippen LogP contribution < -0.4 is 0 Å². The Balaban J connectivity index is 2.27. The van der Waals surface area contributed by atoms with E-state index >= 15 is 0 Å².